The summed E-state index contributed by atoms with van der Waals surface area (Å²) in [6.07, 6.45) is -1.59. The van der Waals surface area contributed by atoms with Crippen LogP contribution >= 0.6 is 23.2 Å². The van der Waals surface area contributed by atoms with Crippen molar-refractivity contribution in [3.05, 3.63) is 28.0 Å². The molecule has 2 atom stereocenters. The van der Waals surface area contributed by atoms with Crippen LogP contribution in [0.3, 0.4) is 0 Å². The molecule has 0 amide bonds. The summed E-state index contributed by atoms with van der Waals surface area (Å²) in [4.78, 5) is 3.67. The van der Waals surface area contributed by atoms with Crippen molar-refractivity contribution in [3.63, 3.8) is 0 Å². The second-order valence-electron chi connectivity index (χ2n) is 2.56. The molecule has 1 aromatic rings. The number of pyridine rings is 1. The van der Waals surface area contributed by atoms with Crippen LogP contribution in [-0.4, -0.2) is 21.3 Å². The maximum absolute atomic E-state index is 9.39. The van der Waals surface area contributed by atoms with Gasteiger partial charge in [0.2, 0.25) is 0 Å². The zero-order chi connectivity index (χ0) is 10.7. The number of nitrogens with zero attached hydrogens (tertiary/aromatic N) is 2. The number of aliphatic hydroxyl groups excluding tert-OH is 2. The lowest BCUT2D eigenvalue weighted by molar-refractivity contribution is 0.0526. The van der Waals surface area contributed by atoms with Gasteiger partial charge in [0.15, 0.2) is 6.10 Å². The lowest BCUT2D eigenvalue weighted by Gasteiger charge is -2.11. The molecule has 0 saturated carbocycles. The number of hydrogen-bond donors (Lipinski definition) is 2. The van der Waals surface area contributed by atoms with E-state index in [9.17, 15) is 5.11 Å². The molecule has 0 aromatic carbocycles. The lowest BCUT2D eigenvalue weighted by atomic mass is 10.1. The molecule has 0 fully saturated rings. The van der Waals surface area contributed by atoms with Gasteiger partial charge in [-0.2, -0.15) is 5.26 Å². The fourth-order valence-corrected chi connectivity index (χ4v) is 1.13. The third-order valence-corrected chi connectivity index (χ3v) is 2.28. The number of halogens is 2. The van der Waals surface area contributed by atoms with E-state index in [2.05, 4.69) is 4.98 Å². The first-order valence-corrected chi connectivity index (χ1v) is 4.38. The maximum atomic E-state index is 9.39. The van der Waals surface area contributed by atoms with E-state index in [1.165, 1.54) is 18.3 Å². The normalized spacial score (nSPS) is 14.5. The second kappa shape index (κ2) is 4.58. The molecule has 0 aliphatic heterocycles. The monoisotopic (exact) mass is 232 g/mol. The molecule has 1 heterocycles. The van der Waals surface area contributed by atoms with Gasteiger partial charge in [-0.3, -0.25) is 0 Å². The molecule has 0 radical (unpaired) electrons. The van der Waals surface area contributed by atoms with Crippen LogP contribution in [0.1, 0.15) is 11.7 Å². The van der Waals surface area contributed by atoms with E-state index >= 15 is 0 Å². The Labute approximate surface area is 90.3 Å². The molecule has 2 unspecified atom stereocenters. The fourth-order valence-electron chi connectivity index (χ4n) is 0.851. The predicted octanol–water partition coefficient (Wildman–Crippen LogP) is 1.31. The predicted molar refractivity (Wildman–Crippen MR) is 50.8 cm³/mol. The van der Waals surface area contributed by atoms with E-state index in [0.717, 1.165) is 0 Å². The molecule has 14 heavy (non-hydrogen) atoms. The van der Waals surface area contributed by atoms with Gasteiger partial charge >= 0.3 is 0 Å². The van der Waals surface area contributed by atoms with Crippen molar-refractivity contribution in [2.24, 2.45) is 0 Å². The molecule has 74 valence electrons. The largest absolute Gasteiger partial charge is 0.384 e. The summed E-state index contributed by atoms with van der Waals surface area (Å²) < 4.78 is 0. The number of aliphatic hydroxyl groups is 2. The Bertz CT molecular complexity index is 378. The van der Waals surface area contributed by atoms with Crippen LogP contribution in [-0.2, 0) is 0 Å². The molecule has 0 aliphatic rings. The van der Waals surface area contributed by atoms with Gasteiger partial charge in [-0.25, -0.2) is 4.98 Å². The summed E-state index contributed by atoms with van der Waals surface area (Å²) in [6, 6.07) is 2.85. The summed E-state index contributed by atoms with van der Waals surface area (Å²) in [7, 11) is 0. The fraction of sp³-hybridized carbons (Fsp3) is 0.250. The standard InChI is InChI=1S/C8H6Cl2N2O2/c9-5-1-4(3-12-8(5)10)7(14)6(13)2-11/h1,3,6-7,13-14H. The number of hydrogen-bond acceptors (Lipinski definition) is 4. The van der Waals surface area contributed by atoms with Gasteiger partial charge in [0.05, 0.1) is 11.1 Å². The Kier molecular flexibility index (Phi) is 3.67. The van der Waals surface area contributed by atoms with Gasteiger partial charge in [-0.05, 0) is 6.07 Å². The Morgan fingerprint density at radius 1 is 1.43 bits per heavy atom. The molecule has 1 rings (SSSR count). The van der Waals surface area contributed by atoms with Crippen molar-refractivity contribution < 1.29 is 10.2 Å². The Morgan fingerprint density at radius 2 is 2.07 bits per heavy atom. The van der Waals surface area contributed by atoms with E-state index in [4.69, 9.17) is 33.6 Å². The molecule has 0 spiro atoms. The highest BCUT2D eigenvalue weighted by Gasteiger charge is 2.18. The van der Waals surface area contributed by atoms with Crippen LogP contribution < -0.4 is 0 Å². The summed E-state index contributed by atoms with van der Waals surface area (Å²) in [5, 5.41) is 27.0. The summed E-state index contributed by atoms with van der Waals surface area (Å²) in [6.45, 7) is 0. The van der Waals surface area contributed by atoms with E-state index in [0.29, 0.717) is 0 Å². The second-order valence-corrected chi connectivity index (χ2v) is 3.33. The lowest BCUT2D eigenvalue weighted by Crippen LogP contribution is -2.15. The first-order chi connectivity index (χ1) is 6.56. The maximum Gasteiger partial charge on any atom is 0.170 e. The zero-order valence-electron chi connectivity index (χ0n) is 6.85. The molecular formula is C8H6Cl2N2O2. The average molecular weight is 233 g/mol. The Balaban J connectivity index is 2.98. The van der Waals surface area contributed by atoms with E-state index in [1.54, 1.807) is 0 Å². The van der Waals surface area contributed by atoms with Gasteiger partial charge in [-0.15, -0.1) is 0 Å². The van der Waals surface area contributed by atoms with Crippen molar-refractivity contribution in [3.8, 4) is 6.07 Å². The summed E-state index contributed by atoms with van der Waals surface area (Å²) >= 11 is 11.2. The van der Waals surface area contributed by atoms with Crippen LogP contribution in [0, 0.1) is 11.3 Å². The van der Waals surface area contributed by atoms with Crippen LogP contribution in [0.15, 0.2) is 12.3 Å². The number of nitriles is 1. The highest BCUT2D eigenvalue weighted by Crippen LogP contribution is 2.24. The van der Waals surface area contributed by atoms with Crippen molar-refractivity contribution in [1.29, 1.82) is 5.26 Å². The molecule has 2 N–H and O–H groups in total. The number of rotatable bonds is 2. The minimum atomic E-state index is -1.51. The molecule has 4 nitrogen and oxygen atoms in total. The van der Waals surface area contributed by atoms with Gasteiger partial charge in [-0.1, -0.05) is 23.2 Å². The smallest absolute Gasteiger partial charge is 0.170 e. The number of aromatic nitrogens is 1. The van der Waals surface area contributed by atoms with Crippen molar-refractivity contribution in [2.75, 3.05) is 0 Å². The first kappa shape index (κ1) is 11.2. The Hall–Kier alpha value is -0.860. The highest BCUT2D eigenvalue weighted by atomic mass is 35.5. The molecule has 0 aliphatic carbocycles. The van der Waals surface area contributed by atoms with Gasteiger partial charge in [0.1, 0.15) is 11.3 Å². The SMILES string of the molecule is N#CC(O)C(O)c1cnc(Cl)c(Cl)c1. The quantitative estimate of drug-likeness (QED) is 0.596. The molecule has 6 heteroatoms. The Morgan fingerprint density at radius 3 is 2.57 bits per heavy atom. The molecule has 1 aromatic heterocycles. The van der Waals surface area contributed by atoms with Gasteiger partial charge in [0.25, 0.3) is 0 Å². The van der Waals surface area contributed by atoms with Crippen LogP contribution in [0.25, 0.3) is 0 Å². The van der Waals surface area contributed by atoms with Gasteiger partial charge < -0.3 is 10.2 Å². The highest BCUT2D eigenvalue weighted by molar-refractivity contribution is 6.41. The van der Waals surface area contributed by atoms with Crippen LogP contribution in [0.5, 0.6) is 0 Å². The summed E-state index contributed by atoms with van der Waals surface area (Å²) in [5.41, 5.74) is 0.244. The molecular weight excluding hydrogens is 227 g/mol. The average Bonchev–Trinajstić information content (AvgIpc) is 2.20. The minimum absolute atomic E-state index is 0.106. The van der Waals surface area contributed by atoms with Crippen molar-refractivity contribution >= 4 is 23.2 Å². The third-order valence-electron chi connectivity index (χ3n) is 1.59. The molecule has 0 bridgehead atoms. The van der Waals surface area contributed by atoms with Crippen LogP contribution in [0.4, 0.5) is 0 Å². The topological polar surface area (TPSA) is 77.1 Å². The third kappa shape index (κ3) is 2.34. The molecule has 0 saturated heterocycles. The zero-order valence-corrected chi connectivity index (χ0v) is 8.37. The van der Waals surface area contributed by atoms with Crippen LogP contribution in [0.2, 0.25) is 10.2 Å². The van der Waals surface area contributed by atoms with Gasteiger partial charge in [0, 0.05) is 11.8 Å². The first-order valence-electron chi connectivity index (χ1n) is 3.63. The van der Waals surface area contributed by atoms with Crippen molar-refractivity contribution in [1.82, 2.24) is 4.98 Å². The van der Waals surface area contributed by atoms with E-state index in [-0.39, 0.29) is 15.7 Å². The van der Waals surface area contributed by atoms with E-state index in [1.807, 2.05) is 0 Å². The summed E-state index contributed by atoms with van der Waals surface area (Å²) in [5.74, 6) is 0. The van der Waals surface area contributed by atoms with E-state index < -0.39 is 12.2 Å². The van der Waals surface area contributed by atoms with Crippen molar-refractivity contribution in [2.45, 2.75) is 12.2 Å². The minimum Gasteiger partial charge on any atom is -0.384 e.